The van der Waals surface area contributed by atoms with E-state index in [0.29, 0.717) is 11.7 Å². The highest BCUT2D eigenvalue weighted by molar-refractivity contribution is 5.93. The van der Waals surface area contributed by atoms with Crippen molar-refractivity contribution in [3.63, 3.8) is 0 Å². The molecule has 0 spiro atoms. The van der Waals surface area contributed by atoms with Crippen molar-refractivity contribution in [3.05, 3.63) is 23.9 Å². The van der Waals surface area contributed by atoms with Crippen molar-refractivity contribution in [1.82, 2.24) is 10.3 Å². The Balaban J connectivity index is 1.50. The minimum atomic E-state index is -0.000596. The van der Waals surface area contributed by atoms with E-state index in [1.54, 1.807) is 0 Å². The van der Waals surface area contributed by atoms with Gasteiger partial charge in [0.15, 0.2) is 0 Å². The zero-order valence-corrected chi connectivity index (χ0v) is 14.1. The van der Waals surface area contributed by atoms with E-state index in [9.17, 15) is 4.79 Å². The molecule has 4 fully saturated rings. The quantitative estimate of drug-likeness (QED) is 0.893. The number of rotatable bonds is 4. The maximum absolute atomic E-state index is 12.8. The summed E-state index contributed by atoms with van der Waals surface area (Å²) in [6, 6.07) is 5.96. The van der Waals surface area contributed by atoms with Crippen molar-refractivity contribution in [2.45, 2.75) is 64.0 Å². The summed E-state index contributed by atoms with van der Waals surface area (Å²) in [6.07, 6.45) is 7.70. The van der Waals surface area contributed by atoms with E-state index < -0.39 is 0 Å². The lowest BCUT2D eigenvalue weighted by molar-refractivity contribution is -0.0167. The van der Waals surface area contributed by atoms with E-state index in [0.717, 1.165) is 23.6 Å². The highest BCUT2D eigenvalue weighted by Gasteiger charge is 2.51. The van der Waals surface area contributed by atoms with Crippen molar-refractivity contribution < 1.29 is 4.79 Å². The minimum absolute atomic E-state index is 0.000596. The van der Waals surface area contributed by atoms with Crippen LogP contribution in [0.2, 0.25) is 0 Å². The number of nitrogens with zero attached hydrogens (tertiary/aromatic N) is 1. The standard InChI is InChI=1S/C19H27N3O/c1-12(2)20-17-5-3-4-16(21-17)18(23)22-19-9-13-6-14(10-19)8-15(7-13)11-19/h3-5,12-15H,6-11H2,1-2H3,(H,20,21)(H,22,23). The van der Waals surface area contributed by atoms with Crippen molar-refractivity contribution in [2.75, 3.05) is 5.32 Å². The number of anilines is 1. The summed E-state index contributed by atoms with van der Waals surface area (Å²) in [7, 11) is 0. The Morgan fingerprint density at radius 2 is 1.74 bits per heavy atom. The summed E-state index contributed by atoms with van der Waals surface area (Å²) in [5.74, 6) is 3.29. The van der Waals surface area contributed by atoms with Gasteiger partial charge >= 0.3 is 0 Å². The molecule has 1 heterocycles. The van der Waals surface area contributed by atoms with Gasteiger partial charge in [0.25, 0.3) is 5.91 Å². The predicted molar refractivity (Wildman–Crippen MR) is 91.4 cm³/mol. The Morgan fingerprint density at radius 1 is 1.13 bits per heavy atom. The fourth-order valence-corrected chi connectivity index (χ4v) is 5.51. The van der Waals surface area contributed by atoms with Gasteiger partial charge in [-0.25, -0.2) is 4.98 Å². The zero-order valence-electron chi connectivity index (χ0n) is 14.1. The first-order valence-corrected chi connectivity index (χ1v) is 9.07. The lowest BCUT2D eigenvalue weighted by Gasteiger charge is -2.56. The molecule has 0 atom stereocenters. The first-order valence-electron chi connectivity index (χ1n) is 9.07. The molecular weight excluding hydrogens is 286 g/mol. The minimum Gasteiger partial charge on any atom is -0.368 e. The number of pyridine rings is 1. The molecule has 0 aliphatic heterocycles. The van der Waals surface area contributed by atoms with Crippen LogP contribution in [0.5, 0.6) is 0 Å². The van der Waals surface area contributed by atoms with Gasteiger partial charge in [-0.15, -0.1) is 0 Å². The van der Waals surface area contributed by atoms with Crippen molar-refractivity contribution in [2.24, 2.45) is 17.8 Å². The molecule has 5 rings (SSSR count). The molecule has 0 saturated heterocycles. The summed E-state index contributed by atoms with van der Waals surface area (Å²) < 4.78 is 0. The molecule has 2 N–H and O–H groups in total. The third-order valence-corrected chi connectivity index (χ3v) is 5.84. The summed E-state index contributed by atoms with van der Waals surface area (Å²) in [6.45, 7) is 4.15. The Hall–Kier alpha value is -1.58. The van der Waals surface area contributed by atoms with Crippen LogP contribution in [0.4, 0.5) is 5.82 Å². The van der Waals surface area contributed by atoms with Crippen LogP contribution in [-0.2, 0) is 0 Å². The highest BCUT2D eigenvalue weighted by atomic mass is 16.2. The van der Waals surface area contributed by atoms with Gasteiger partial charge in [0.05, 0.1) is 0 Å². The van der Waals surface area contributed by atoms with Crippen molar-refractivity contribution in [1.29, 1.82) is 0 Å². The Labute approximate surface area is 138 Å². The summed E-state index contributed by atoms with van der Waals surface area (Å²) in [5, 5.41) is 6.66. The van der Waals surface area contributed by atoms with Gasteiger partial charge in [-0.05, 0) is 82.3 Å². The second-order valence-electron chi connectivity index (χ2n) is 8.36. The molecule has 4 bridgehead atoms. The lowest BCUT2D eigenvalue weighted by atomic mass is 9.53. The largest absolute Gasteiger partial charge is 0.368 e. The molecule has 0 radical (unpaired) electrons. The highest BCUT2D eigenvalue weighted by Crippen LogP contribution is 2.55. The molecule has 1 aromatic rings. The Kier molecular flexibility index (Phi) is 3.58. The molecule has 4 nitrogen and oxygen atoms in total. The van der Waals surface area contributed by atoms with Gasteiger partial charge in [0.2, 0.25) is 0 Å². The number of aromatic nitrogens is 1. The zero-order chi connectivity index (χ0) is 16.0. The van der Waals surface area contributed by atoms with E-state index in [-0.39, 0.29) is 11.4 Å². The molecule has 4 aliphatic rings. The number of carbonyl (C=O) groups is 1. The average molecular weight is 313 g/mol. The van der Waals surface area contributed by atoms with Gasteiger partial charge in [0.1, 0.15) is 11.5 Å². The van der Waals surface area contributed by atoms with Crippen LogP contribution in [0.15, 0.2) is 18.2 Å². The second-order valence-corrected chi connectivity index (χ2v) is 8.36. The normalized spacial score (nSPS) is 34.7. The van der Waals surface area contributed by atoms with E-state index in [2.05, 4.69) is 29.5 Å². The Bertz CT molecular complexity index is 575. The van der Waals surface area contributed by atoms with E-state index in [1.165, 1.54) is 38.5 Å². The van der Waals surface area contributed by atoms with E-state index in [4.69, 9.17) is 0 Å². The molecule has 4 aliphatic carbocycles. The molecule has 1 aromatic heterocycles. The van der Waals surface area contributed by atoms with Crippen LogP contribution in [0.1, 0.15) is 62.9 Å². The topological polar surface area (TPSA) is 54.0 Å². The van der Waals surface area contributed by atoms with Crippen molar-refractivity contribution >= 4 is 11.7 Å². The predicted octanol–water partition coefficient (Wildman–Crippen LogP) is 3.60. The SMILES string of the molecule is CC(C)Nc1cccc(C(=O)NC23CC4CC(CC(C4)C2)C3)n1. The van der Waals surface area contributed by atoms with Crippen molar-refractivity contribution in [3.8, 4) is 0 Å². The second kappa shape index (κ2) is 5.50. The summed E-state index contributed by atoms with van der Waals surface area (Å²) in [4.78, 5) is 17.3. The summed E-state index contributed by atoms with van der Waals surface area (Å²) >= 11 is 0. The molecule has 124 valence electrons. The Morgan fingerprint density at radius 3 is 2.30 bits per heavy atom. The van der Waals surface area contributed by atoms with Gasteiger partial charge in [-0.1, -0.05) is 6.07 Å². The molecular formula is C19H27N3O. The number of hydrogen-bond donors (Lipinski definition) is 2. The third-order valence-electron chi connectivity index (χ3n) is 5.84. The van der Waals surface area contributed by atoms with Crippen LogP contribution in [-0.4, -0.2) is 22.5 Å². The smallest absolute Gasteiger partial charge is 0.270 e. The fourth-order valence-electron chi connectivity index (χ4n) is 5.51. The van der Waals surface area contributed by atoms with Gasteiger partial charge in [-0.2, -0.15) is 0 Å². The number of carbonyl (C=O) groups excluding carboxylic acids is 1. The van der Waals surface area contributed by atoms with E-state index in [1.807, 2.05) is 18.2 Å². The molecule has 0 unspecified atom stereocenters. The monoisotopic (exact) mass is 313 g/mol. The molecule has 4 heteroatoms. The average Bonchev–Trinajstić information content (AvgIpc) is 2.44. The molecule has 4 saturated carbocycles. The van der Waals surface area contributed by atoms with E-state index >= 15 is 0 Å². The number of nitrogens with one attached hydrogen (secondary N) is 2. The van der Waals surface area contributed by atoms with Crippen LogP contribution in [0, 0.1) is 17.8 Å². The van der Waals surface area contributed by atoms with Crippen LogP contribution in [0.25, 0.3) is 0 Å². The lowest BCUT2D eigenvalue weighted by Crippen LogP contribution is -2.59. The number of hydrogen-bond acceptors (Lipinski definition) is 3. The maximum atomic E-state index is 12.8. The summed E-state index contributed by atoms with van der Waals surface area (Å²) in [5.41, 5.74) is 0.584. The first-order chi connectivity index (χ1) is 11.0. The van der Waals surface area contributed by atoms with Gasteiger partial charge in [-0.3, -0.25) is 4.79 Å². The van der Waals surface area contributed by atoms with Crippen LogP contribution >= 0.6 is 0 Å². The molecule has 1 amide bonds. The van der Waals surface area contributed by atoms with Crippen LogP contribution in [0.3, 0.4) is 0 Å². The molecule has 23 heavy (non-hydrogen) atoms. The molecule has 0 aromatic carbocycles. The first kappa shape index (κ1) is 15.0. The third kappa shape index (κ3) is 2.96. The van der Waals surface area contributed by atoms with Gasteiger partial charge < -0.3 is 10.6 Å². The fraction of sp³-hybridized carbons (Fsp3) is 0.684. The van der Waals surface area contributed by atoms with Gasteiger partial charge in [0, 0.05) is 11.6 Å². The van der Waals surface area contributed by atoms with Crippen LogP contribution < -0.4 is 10.6 Å². The number of amides is 1. The maximum Gasteiger partial charge on any atom is 0.270 e.